The lowest BCUT2D eigenvalue weighted by Gasteiger charge is -2.20. The van der Waals surface area contributed by atoms with Crippen molar-refractivity contribution in [3.05, 3.63) is 35.4 Å². The van der Waals surface area contributed by atoms with Crippen LogP contribution in [-0.2, 0) is 11.2 Å². The van der Waals surface area contributed by atoms with Gasteiger partial charge in [0.25, 0.3) is 5.91 Å². The Morgan fingerprint density at radius 3 is 2.74 bits per heavy atom. The highest BCUT2D eigenvalue weighted by Crippen LogP contribution is 2.16. The summed E-state index contributed by atoms with van der Waals surface area (Å²) in [5.41, 5.74) is 2.01. The Labute approximate surface area is 115 Å². The standard InChI is InChI=1S/C16H23NO2/c1-3-5-13-7-9-14(10-8-13)16(18)17-12(2)15-6-4-11-19-15/h7-10,12,15H,3-6,11H2,1-2H3,(H,17,18)/t12-,15+/m1/s1. The van der Waals surface area contributed by atoms with Gasteiger partial charge in [0.2, 0.25) is 0 Å². The molecule has 104 valence electrons. The number of hydrogen-bond acceptors (Lipinski definition) is 2. The summed E-state index contributed by atoms with van der Waals surface area (Å²) >= 11 is 0. The lowest BCUT2D eigenvalue weighted by Crippen LogP contribution is -2.40. The van der Waals surface area contributed by atoms with Crippen LogP contribution in [0.1, 0.15) is 49.0 Å². The van der Waals surface area contributed by atoms with E-state index in [1.807, 2.05) is 31.2 Å². The summed E-state index contributed by atoms with van der Waals surface area (Å²) in [6, 6.07) is 7.96. The van der Waals surface area contributed by atoms with Gasteiger partial charge in [0.1, 0.15) is 0 Å². The zero-order chi connectivity index (χ0) is 13.7. The van der Waals surface area contributed by atoms with Gasteiger partial charge in [-0.05, 0) is 43.9 Å². The van der Waals surface area contributed by atoms with Gasteiger partial charge >= 0.3 is 0 Å². The summed E-state index contributed by atoms with van der Waals surface area (Å²) in [5, 5.41) is 3.03. The van der Waals surface area contributed by atoms with Crippen LogP contribution in [-0.4, -0.2) is 24.7 Å². The molecule has 0 radical (unpaired) electrons. The second-order valence-corrected chi connectivity index (χ2v) is 5.26. The Morgan fingerprint density at radius 1 is 1.42 bits per heavy atom. The number of aryl methyl sites for hydroxylation is 1. The minimum absolute atomic E-state index is 0.00829. The first-order chi connectivity index (χ1) is 9.20. The number of rotatable bonds is 5. The van der Waals surface area contributed by atoms with Crippen LogP contribution in [0.3, 0.4) is 0 Å². The number of amides is 1. The number of nitrogens with one attached hydrogen (secondary N) is 1. The zero-order valence-electron chi connectivity index (χ0n) is 11.8. The van der Waals surface area contributed by atoms with E-state index in [-0.39, 0.29) is 18.1 Å². The molecule has 0 spiro atoms. The molecule has 1 aliphatic heterocycles. The van der Waals surface area contributed by atoms with Crippen molar-refractivity contribution in [2.24, 2.45) is 0 Å². The van der Waals surface area contributed by atoms with Crippen molar-refractivity contribution in [1.82, 2.24) is 5.32 Å². The van der Waals surface area contributed by atoms with Crippen LogP contribution < -0.4 is 5.32 Å². The lowest BCUT2D eigenvalue weighted by atomic mass is 10.1. The van der Waals surface area contributed by atoms with E-state index in [0.717, 1.165) is 37.9 Å². The molecule has 3 nitrogen and oxygen atoms in total. The molecule has 3 heteroatoms. The monoisotopic (exact) mass is 261 g/mol. The smallest absolute Gasteiger partial charge is 0.251 e. The van der Waals surface area contributed by atoms with Gasteiger partial charge in [-0.2, -0.15) is 0 Å². The normalized spacial score (nSPS) is 20.2. The molecule has 1 amide bonds. The summed E-state index contributed by atoms with van der Waals surface area (Å²) in [5.74, 6) is -0.00829. The van der Waals surface area contributed by atoms with Crippen molar-refractivity contribution < 1.29 is 9.53 Å². The summed E-state index contributed by atoms with van der Waals surface area (Å²) < 4.78 is 5.59. The van der Waals surface area contributed by atoms with E-state index in [1.165, 1.54) is 5.56 Å². The molecule has 19 heavy (non-hydrogen) atoms. The number of hydrogen-bond donors (Lipinski definition) is 1. The summed E-state index contributed by atoms with van der Waals surface area (Å²) in [6.07, 6.45) is 4.49. The van der Waals surface area contributed by atoms with Crippen LogP contribution in [0, 0.1) is 0 Å². The molecule has 1 aromatic carbocycles. The largest absolute Gasteiger partial charge is 0.376 e. The lowest BCUT2D eigenvalue weighted by molar-refractivity contribution is 0.0712. The van der Waals surface area contributed by atoms with E-state index >= 15 is 0 Å². The molecule has 1 saturated heterocycles. The number of benzene rings is 1. The van der Waals surface area contributed by atoms with Crippen molar-refractivity contribution in [1.29, 1.82) is 0 Å². The molecule has 0 unspecified atom stereocenters. The molecule has 1 heterocycles. The molecule has 1 aromatic rings. The van der Waals surface area contributed by atoms with Crippen LogP contribution in [0.15, 0.2) is 24.3 Å². The second-order valence-electron chi connectivity index (χ2n) is 5.26. The first-order valence-corrected chi connectivity index (χ1v) is 7.22. The van der Waals surface area contributed by atoms with Crippen molar-refractivity contribution in [3.63, 3.8) is 0 Å². The Bertz CT molecular complexity index is 407. The molecule has 1 fully saturated rings. The minimum atomic E-state index is -0.00829. The first-order valence-electron chi connectivity index (χ1n) is 7.22. The van der Waals surface area contributed by atoms with E-state index in [2.05, 4.69) is 12.2 Å². The van der Waals surface area contributed by atoms with Gasteiger partial charge in [0.15, 0.2) is 0 Å². The van der Waals surface area contributed by atoms with Gasteiger partial charge in [-0.15, -0.1) is 0 Å². The molecule has 2 rings (SSSR count). The molecule has 0 bridgehead atoms. The summed E-state index contributed by atoms with van der Waals surface area (Å²) in [6.45, 7) is 4.99. The van der Waals surface area contributed by atoms with E-state index in [9.17, 15) is 4.79 Å². The predicted molar refractivity (Wildman–Crippen MR) is 76.3 cm³/mol. The zero-order valence-corrected chi connectivity index (χ0v) is 11.8. The van der Waals surface area contributed by atoms with E-state index in [0.29, 0.717) is 0 Å². The first kappa shape index (κ1) is 14.1. The minimum Gasteiger partial charge on any atom is -0.376 e. The quantitative estimate of drug-likeness (QED) is 0.885. The number of ether oxygens (including phenoxy) is 1. The van der Waals surface area contributed by atoms with E-state index < -0.39 is 0 Å². The van der Waals surface area contributed by atoms with Crippen molar-refractivity contribution in [2.75, 3.05) is 6.61 Å². The fourth-order valence-electron chi connectivity index (χ4n) is 2.49. The topological polar surface area (TPSA) is 38.3 Å². The van der Waals surface area contributed by atoms with Crippen molar-refractivity contribution in [3.8, 4) is 0 Å². The Morgan fingerprint density at radius 2 is 2.16 bits per heavy atom. The van der Waals surface area contributed by atoms with Gasteiger partial charge in [-0.1, -0.05) is 25.5 Å². The average molecular weight is 261 g/mol. The van der Waals surface area contributed by atoms with Gasteiger partial charge in [-0.3, -0.25) is 4.79 Å². The molecule has 0 aliphatic carbocycles. The fourth-order valence-corrected chi connectivity index (χ4v) is 2.49. The summed E-state index contributed by atoms with van der Waals surface area (Å²) in [7, 11) is 0. The third-order valence-corrected chi connectivity index (χ3v) is 3.64. The van der Waals surface area contributed by atoms with Crippen LogP contribution in [0.4, 0.5) is 0 Å². The van der Waals surface area contributed by atoms with Gasteiger partial charge in [0, 0.05) is 12.2 Å². The second kappa shape index (κ2) is 6.71. The molecule has 0 saturated carbocycles. The third kappa shape index (κ3) is 3.80. The molecular formula is C16H23NO2. The van der Waals surface area contributed by atoms with Crippen LogP contribution in [0.2, 0.25) is 0 Å². The maximum absolute atomic E-state index is 12.1. The number of carbonyl (C=O) groups excluding carboxylic acids is 1. The highest BCUT2D eigenvalue weighted by Gasteiger charge is 2.23. The molecule has 2 atom stereocenters. The molecular weight excluding hydrogens is 238 g/mol. The summed E-state index contributed by atoms with van der Waals surface area (Å²) in [4.78, 5) is 12.1. The molecule has 1 aliphatic rings. The van der Waals surface area contributed by atoms with Crippen LogP contribution >= 0.6 is 0 Å². The van der Waals surface area contributed by atoms with E-state index in [4.69, 9.17) is 4.74 Å². The highest BCUT2D eigenvalue weighted by molar-refractivity contribution is 5.94. The van der Waals surface area contributed by atoms with Gasteiger partial charge in [0.05, 0.1) is 12.1 Å². The van der Waals surface area contributed by atoms with E-state index in [1.54, 1.807) is 0 Å². The SMILES string of the molecule is CCCc1ccc(C(=O)N[C@H](C)[C@@H]2CCCO2)cc1. The van der Waals surface area contributed by atoms with Crippen LogP contribution in [0.25, 0.3) is 0 Å². The van der Waals surface area contributed by atoms with Gasteiger partial charge < -0.3 is 10.1 Å². The van der Waals surface area contributed by atoms with Gasteiger partial charge in [-0.25, -0.2) is 0 Å². The maximum atomic E-state index is 12.1. The number of carbonyl (C=O) groups is 1. The molecule has 0 aromatic heterocycles. The Kier molecular flexibility index (Phi) is 4.97. The highest BCUT2D eigenvalue weighted by atomic mass is 16.5. The Hall–Kier alpha value is -1.35. The fraction of sp³-hybridized carbons (Fsp3) is 0.562. The van der Waals surface area contributed by atoms with Crippen molar-refractivity contribution in [2.45, 2.75) is 51.7 Å². The third-order valence-electron chi connectivity index (χ3n) is 3.64. The molecule has 1 N–H and O–H groups in total. The average Bonchev–Trinajstić information content (AvgIpc) is 2.94. The Balaban J connectivity index is 1.91. The van der Waals surface area contributed by atoms with Crippen molar-refractivity contribution >= 4 is 5.91 Å². The van der Waals surface area contributed by atoms with Crippen LogP contribution in [0.5, 0.6) is 0 Å². The predicted octanol–water partition coefficient (Wildman–Crippen LogP) is 2.94. The maximum Gasteiger partial charge on any atom is 0.251 e.